The van der Waals surface area contributed by atoms with Gasteiger partial charge in [0.15, 0.2) is 17.3 Å². The smallest absolute Gasteiger partial charge is 0.161 e. The number of carbonyl (C=O) groups excluding carboxylic acids is 1. The second-order valence-electron chi connectivity index (χ2n) is 9.43. The molecular weight excluding hydrogens is 432 g/mol. The lowest BCUT2D eigenvalue weighted by Gasteiger charge is -2.42. The highest BCUT2D eigenvalue weighted by Gasteiger charge is 2.49. The molecule has 0 aromatic heterocycles. The molecule has 2 aliphatic heterocycles. The molecule has 3 unspecified atom stereocenters. The Morgan fingerprint density at radius 2 is 1.65 bits per heavy atom. The van der Waals surface area contributed by atoms with Crippen LogP contribution in [0, 0.1) is 5.92 Å². The Hall–Kier alpha value is -3.07. The standard InChI is InChI=1S/C26H32N4O4/c1-30(2)17-8-5-14(6-9-17)22-23-18(27-25-24(22)26(32)29-28-25)11-16(12-19(23)31)15-7-10-20(33-3)21(13-15)34-4/h5-10,13,16,22,24-29,32H,11-12H2,1-4H3/t16-,22-,24?,25?,26?/m1/s1. The quantitative estimate of drug-likeness (QED) is 0.535. The Bertz CT molecular complexity index is 1110. The van der Waals surface area contributed by atoms with Crippen molar-refractivity contribution in [2.45, 2.75) is 37.1 Å². The summed E-state index contributed by atoms with van der Waals surface area (Å²) in [4.78, 5) is 15.7. The zero-order valence-electron chi connectivity index (χ0n) is 20.0. The highest BCUT2D eigenvalue weighted by molar-refractivity contribution is 5.99. The Labute approximate surface area is 199 Å². The molecule has 3 aliphatic rings. The second kappa shape index (κ2) is 8.94. The van der Waals surface area contributed by atoms with Gasteiger partial charge in [0.1, 0.15) is 6.23 Å². The number of hydrogen-bond donors (Lipinski definition) is 4. The molecule has 34 heavy (non-hydrogen) atoms. The first-order valence-corrected chi connectivity index (χ1v) is 11.6. The SMILES string of the molecule is COc1ccc([C@H]2CC(=O)C3=C(C2)NC2NNC(O)C2[C@@H]3c2ccc(N(C)C)cc2)cc1OC. The molecule has 0 spiro atoms. The second-order valence-corrected chi connectivity index (χ2v) is 9.43. The fourth-order valence-corrected chi connectivity index (χ4v) is 5.58. The van der Waals surface area contributed by atoms with Crippen molar-refractivity contribution in [1.29, 1.82) is 0 Å². The van der Waals surface area contributed by atoms with Crippen LogP contribution in [0.3, 0.4) is 0 Å². The number of hydrazine groups is 1. The maximum absolute atomic E-state index is 13.7. The van der Waals surface area contributed by atoms with E-state index < -0.39 is 6.23 Å². The summed E-state index contributed by atoms with van der Waals surface area (Å²) in [7, 11) is 7.24. The summed E-state index contributed by atoms with van der Waals surface area (Å²) in [5.41, 5.74) is 11.0. The van der Waals surface area contributed by atoms with Crippen molar-refractivity contribution in [3.8, 4) is 11.5 Å². The number of aliphatic hydroxyl groups excluding tert-OH is 1. The van der Waals surface area contributed by atoms with Crippen molar-refractivity contribution in [1.82, 2.24) is 16.2 Å². The van der Waals surface area contributed by atoms with E-state index in [4.69, 9.17) is 9.47 Å². The molecule has 0 bridgehead atoms. The number of fused-ring (bicyclic) bond motifs is 1. The molecule has 8 heteroatoms. The van der Waals surface area contributed by atoms with Crippen molar-refractivity contribution >= 4 is 11.5 Å². The average molecular weight is 465 g/mol. The molecule has 2 heterocycles. The zero-order chi connectivity index (χ0) is 24.0. The van der Waals surface area contributed by atoms with Crippen molar-refractivity contribution in [2.75, 3.05) is 33.2 Å². The molecule has 5 atom stereocenters. The predicted octanol–water partition coefficient (Wildman–Crippen LogP) is 2.23. The monoisotopic (exact) mass is 464 g/mol. The highest BCUT2D eigenvalue weighted by Crippen LogP contribution is 2.48. The first kappa shape index (κ1) is 22.7. The molecule has 8 nitrogen and oxygen atoms in total. The van der Waals surface area contributed by atoms with Gasteiger partial charge in [-0.2, -0.15) is 0 Å². The van der Waals surface area contributed by atoms with Gasteiger partial charge in [0.05, 0.1) is 20.4 Å². The van der Waals surface area contributed by atoms with E-state index in [0.29, 0.717) is 24.3 Å². The molecule has 0 saturated carbocycles. The van der Waals surface area contributed by atoms with E-state index in [-0.39, 0.29) is 29.7 Å². The molecule has 180 valence electrons. The van der Waals surface area contributed by atoms with Gasteiger partial charge in [-0.3, -0.25) is 4.79 Å². The van der Waals surface area contributed by atoms with Gasteiger partial charge in [-0.25, -0.2) is 10.9 Å². The molecule has 2 aromatic rings. The fourth-order valence-electron chi connectivity index (χ4n) is 5.58. The number of rotatable bonds is 5. The van der Waals surface area contributed by atoms with Gasteiger partial charge in [0, 0.05) is 49.3 Å². The van der Waals surface area contributed by atoms with E-state index >= 15 is 0 Å². The molecule has 1 saturated heterocycles. The number of nitrogens with one attached hydrogen (secondary N) is 3. The largest absolute Gasteiger partial charge is 0.493 e. The van der Waals surface area contributed by atoms with Gasteiger partial charge in [-0.15, -0.1) is 0 Å². The van der Waals surface area contributed by atoms with E-state index in [9.17, 15) is 9.90 Å². The topological polar surface area (TPSA) is 95.1 Å². The molecular formula is C26H32N4O4. The lowest BCUT2D eigenvalue weighted by atomic mass is 9.69. The number of Topliss-reactive ketones (excluding diaryl/α,β-unsaturated/α-hetero) is 1. The highest BCUT2D eigenvalue weighted by atomic mass is 16.5. The maximum Gasteiger partial charge on any atom is 0.161 e. The average Bonchev–Trinajstić information content (AvgIpc) is 3.22. The summed E-state index contributed by atoms with van der Waals surface area (Å²) in [6, 6.07) is 14.1. The van der Waals surface area contributed by atoms with E-state index in [2.05, 4.69) is 40.4 Å². The summed E-state index contributed by atoms with van der Waals surface area (Å²) in [6.07, 6.45) is 0.186. The lowest BCUT2D eigenvalue weighted by molar-refractivity contribution is -0.117. The number of aliphatic hydroxyl groups is 1. The van der Waals surface area contributed by atoms with E-state index in [0.717, 1.165) is 28.1 Å². The van der Waals surface area contributed by atoms with Crippen LogP contribution in [0.15, 0.2) is 53.7 Å². The summed E-state index contributed by atoms with van der Waals surface area (Å²) in [6.45, 7) is 0. The predicted molar refractivity (Wildman–Crippen MR) is 130 cm³/mol. The Kier molecular flexibility index (Phi) is 5.97. The van der Waals surface area contributed by atoms with E-state index in [1.165, 1.54) is 0 Å². The number of benzene rings is 2. The van der Waals surface area contributed by atoms with Gasteiger partial charge in [0.2, 0.25) is 0 Å². The van der Waals surface area contributed by atoms with Crippen LogP contribution in [-0.2, 0) is 4.79 Å². The molecule has 4 N–H and O–H groups in total. The third-order valence-corrected chi connectivity index (χ3v) is 7.32. The van der Waals surface area contributed by atoms with Crippen LogP contribution in [0.5, 0.6) is 11.5 Å². The Balaban J connectivity index is 1.53. The fraction of sp³-hybridized carbons (Fsp3) is 0.423. The van der Waals surface area contributed by atoms with Gasteiger partial charge >= 0.3 is 0 Å². The van der Waals surface area contributed by atoms with Crippen LogP contribution in [0.25, 0.3) is 0 Å². The van der Waals surface area contributed by atoms with Crippen LogP contribution in [-0.4, -0.2) is 51.6 Å². The van der Waals surface area contributed by atoms with Crippen LogP contribution in [0.1, 0.15) is 35.8 Å². The van der Waals surface area contributed by atoms with Crippen molar-refractivity contribution in [3.05, 3.63) is 64.9 Å². The third-order valence-electron chi connectivity index (χ3n) is 7.32. The summed E-state index contributed by atoms with van der Waals surface area (Å²) in [5, 5.41) is 14.3. The first-order valence-electron chi connectivity index (χ1n) is 11.6. The van der Waals surface area contributed by atoms with E-state index in [1.54, 1.807) is 14.2 Å². The Morgan fingerprint density at radius 3 is 2.32 bits per heavy atom. The van der Waals surface area contributed by atoms with Gasteiger partial charge in [-0.1, -0.05) is 18.2 Å². The Morgan fingerprint density at radius 1 is 0.941 bits per heavy atom. The van der Waals surface area contributed by atoms with Crippen molar-refractivity contribution < 1.29 is 19.4 Å². The van der Waals surface area contributed by atoms with Gasteiger partial charge in [0.25, 0.3) is 0 Å². The van der Waals surface area contributed by atoms with Crippen LogP contribution in [0.2, 0.25) is 0 Å². The van der Waals surface area contributed by atoms with Crippen LogP contribution < -0.4 is 30.5 Å². The van der Waals surface area contributed by atoms with Crippen molar-refractivity contribution in [3.63, 3.8) is 0 Å². The molecule has 5 rings (SSSR count). The minimum atomic E-state index is -0.763. The van der Waals surface area contributed by atoms with Gasteiger partial charge < -0.3 is 24.8 Å². The summed E-state index contributed by atoms with van der Waals surface area (Å²) < 4.78 is 10.9. The number of ketones is 1. The first-order chi connectivity index (χ1) is 16.4. The maximum atomic E-state index is 13.7. The number of nitrogens with zero attached hydrogens (tertiary/aromatic N) is 1. The minimum absolute atomic E-state index is 0.0335. The minimum Gasteiger partial charge on any atom is -0.493 e. The molecule has 2 aromatic carbocycles. The number of hydrogen-bond acceptors (Lipinski definition) is 8. The number of methoxy groups -OCH3 is 2. The molecule has 1 aliphatic carbocycles. The number of ether oxygens (including phenoxy) is 2. The summed E-state index contributed by atoms with van der Waals surface area (Å²) in [5.74, 6) is 1.08. The zero-order valence-corrected chi connectivity index (χ0v) is 20.0. The van der Waals surface area contributed by atoms with Crippen molar-refractivity contribution in [2.24, 2.45) is 5.92 Å². The number of allylic oxidation sites excluding steroid dienone is 2. The number of anilines is 1. The third kappa shape index (κ3) is 3.81. The van der Waals surface area contributed by atoms with E-state index in [1.807, 2.05) is 37.2 Å². The van der Waals surface area contributed by atoms with Crippen LogP contribution >= 0.6 is 0 Å². The van der Waals surface area contributed by atoms with Crippen LogP contribution in [0.4, 0.5) is 5.69 Å². The molecule has 1 fully saturated rings. The number of carbonyl (C=O) groups is 1. The normalized spacial score (nSPS) is 28.1. The molecule has 0 amide bonds. The molecule has 0 radical (unpaired) electrons. The lowest BCUT2D eigenvalue weighted by Crippen LogP contribution is -2.51. The van der Waals surface area contributed by atoms with Gasteiger partial charge in [-0.05, 0) is 47.7 Å². The summed E-state index contributed by atoms with van der Waals surface area (Å²) >= 11 is 0.